The molecule has 1 aromatic heterocycles. The molecule has 8 heteroatoms. The summed E-state index contributed by atoms with van der Waals surface area (Å²) < 4.78 is 13.7. The van der Waals surface area contributed by atoms with Crippen LogP contribution in [0.1, 0.15) is 12.6 Å². The molecule has 1 aliphatic rings. The molecule has 2 amide bonds. The van der Waals surface area contributed by atoms with E-state index in [0.717, 1.165) is 18.1 Å². The van der Waals surface area contributed by atoms with Gasteiger partial charge in [0.25, 0.3) is 0 Å². The molecule has 1 aliphatic heterocycles. The van der Waals surface area contributed by atoms with Gasteiger partial charge in [-0.25, -0.2) is 14.2 Å². The van der Waals surface area contributed by atoms with E-state index in [-0.39, 0.29) is 11.7 Å². The Hall–Kier alpha value is -2.90. The molecule has 2 aromatic rings. The lowest BCUT2D eigenvalue weighted by Crippen LogP contribution is -2.50. The largest absolute Gasteiger partial charge is 0.370 e. The van der Waals surface area contributed by atoms with Crippen molar-refractivity contribution in [3.05, 3.63) is 41.8 Å². The van der Waals surface area contributed by atoms with Crippen LogP contribution in [-0.2, 0) is 0 Å². The number of hydrogen-bond donors (Lipinski definition) is 2. The molecule has 0 radical (unpaired) electrons. The number of halogens is 1. The number of rotatable bonds is 4. The van der Waals surface area contributed by atoms with Gasteiger partial charge in [-0.15, -0.1) is 0 Å². The first-order valence-electron chi connectivity index (χ1n) is 8.72. The van der Waals surface area contributed by atoms with Crippen LogP contribution in [0.3, 0.4) is 0 Å². The topological polar surface area (TPSA) is 73.4 Å². The number of benzene rings is 1. The Balaban J connectivity index is 1.60. The Bertz CT molecular complexity index is 776. The van der Waals surface area contributed by atoms with Gasteiger partial charge in [-0.05, 0) is 26.0 Å². The molecule has 0 spiro atoms. The quantitative estimate of drug-likeness (QED) is 0.879. The van der Waals surface area contributed by atoms with E-state index in [1.807, 2.05) is 19.9 Å². The standard InChI is InChI=1S/C18H23FN6O/c1-3-20-16-12-13(2)21-17(23-16)24-8-10-25(11-9-24)18(26)22-15-7-5-4-6-14(15)19/h4-7,12H,3,8-11H2,1-2H3,(H,22,26)(H,20,21,23). The molecule has 1 aromatic carbocycles. The number of piperazine rings is 1. The number of nitrogens with zero attached hydrogens (tertiary/aromatic N) is 4. The van der Waals surface area contributed by atoms with Gasteiger partial charge in [0.2, 0.25) is 5.95 Å². The number of aromatic nitrogens is 2. The fourth-order valence-electron chi connectivity index (χ4n) is 2.83. The smallest absolute Gasteiger partial charge is 0.322 e. The maximum atomic E-state index is 13.7. The van der Waals surface area contributed by atoms with Crippen molar-refractivity contribution in [3.63, 3.8) is 0 Å². The second-order valence-corrected chi connectivity index (χ2v) is 6.11. The van der Waals surface area contributed by atoms with Crippen LogP contribution in [0.4, 0.5) is 26.6 Å². The molecule has 7 nitrogen and oxygen atoms in total. The van der Waals surface area contributed by atoms with Crippen molar-refractivity contribution in [2.24, 2.45) is 0 Å². The number of nitrogens with one attached hydrogen (secondary N) is 2. The summed E-state index contributed by atoms with van der Waals surface area (Å²) in [7, 11) is 0. The summed E-state index contributed by atoms with van der Waals surface area (Å²) in [6.45, 7) is 7.04. The Morgan fingerprint density at radius 3 is 2.62 bits per heavy atom. The van der Waals surface area contributed by atoms with Gasteiger partial charge in [-0.1, -0.05) is 12.1 Å². The fraction of sp³-hybridized carbons (Fsp3) is 0.389. The van der Waals surface area contributed by atoms with Crippen LogP contribution in [0.25, 0.3) is 0 Å². The third-order valence-corrected chi connectivity index (χ3v) is 4.17. The summed E-state index contributed by atoms with van der Waals surface area (Å²) in [6, 6.07) is 7.76. The minimum Gasteiger partial charge on any atom is -0.370 e. The highest BCUT2D eigenvalue weighted by molar-refractivity contribution is 5.89. The lowest BCUT2D eigenvalue weighted by Gasteiger charge is -2.34. The highest BCUT2D eigenvalue weighted by Gasteiger charge is 2.23. The molecule has 1 fully saturated rings. The van der Waals surface area contributed by atoms with E-state index in [1.165, 1.54) is 6.07 Å². The van der Waals surface area contributed by atoms with Crippen LogP contribution in [0, 0.1) is 12.7 Å². The zero-order valence-electron chi connectivity index (χ0n) is 15.0. The Morgan fingerprint density at radius 1 is 1.19 bits per heavy atom. The molecule has 0 saturated carbocycles. The summed E-state index contributed by atoms with van der Waals surface area (Å²) in [4.78, 5) is 25.1. The molecule has 26 heavy (non-hydrogen) atoms. The SMILES string of the molecule is CCNc1cc(C)nc(N2CCN(C(=O)Nc3ccccc3F)CC2)n1. The van der Waals surface area contributed by atoms with Gasteiger partial charge in [-0.3, -0.25) is 0 Å². The van der Waals surface area contributed by atoms with Gasteiger partial charge in [0.05, 0.1) is 5.69 Å². The zero-order chi connectivity index (χ0) is 18.5. The number of amides is 2. The molecule has 3 rings (SSSR count). The molecule has 1 saturated heterocycles. The number of anilines is 3. The Morgan fingerprint density at radius 2 is 1.92 bits per heavy atom. The van der Waals surface area contributed by atoms with E-state index in [9.17, 15) is 9.18 Å². The third-order valence-electron chi connectivity index (χ3n) is 4.17. The molecule has 0 aliphatic carbocycles. The molecular formula is C18H23FN6O. The van der Waals surface area contributed by atoms with Gasteiger partial charge in [0, 0.05) is 44.5 Å². The lowest BCUT2D eigenvalue weighted by atomic mass is 10.3. The number of para-hydroxylation sites is 1. The van der Waals surface area contributed by atoms with Crippen LogP contribution >= 0.6 is 0 Å². The third kappa shape index (κ3) is 4.19. The first-order chi connectivity index (χ1) is 12.6. The molecule has 0 unspecified atom stereocenters. The normalized spacial score (nSPS) is 14.3. The van der Waals surface area contributed by atoms with Gasteiger partial charge in [0.1, 0.15) is 11.6 Å². The molecule has 0 bridgehead atoms. The van der Waals surface area contributed by atoms with E-state index in [2.05, 4.69) is 25.5 Å². The van der Waals surface area contributed by atoms with Crippen molar-refractivity contribution in [1.29, 1.82) is 0 Å². The lowest BCUT2D eigenvalue weighted by molar-refractivity contribution is 0.208. The predicted octanol–water partition coefficient (Wildman–Crippen LogP) is 2.71. The minimum atomic E-state index is -0.441. The van der Waals surface area contributed by atoms with Crippen molar-refractivity contribution in [2.45, 2.75) is 13.8 Å². The van der Waals surface area contributed by atoms with Gasteiger partial charge in [0.15, 0.2) is 0 Å². The summed E-state index contributed by atoms with van der Waals surface area (Å²) in [5, 5.41) is 5.82. The summed E-state index contributed by atoms with van der Waals surface area (Å²) in [5.41, 5.74) is 1.09. The van der Waals surface area contributed by atoms with E-state index in [4.69, 9.17) is 0 Å². The van der Waals surface area contributed by atoms with E-state index in [0.29, 0.717) is 32.1 Å². The average molecular weight is 358 g/mol. The van der Waals surface area contributed by atoms with Crippen molar-refractivity contribution >= 4 is 23.5 Å². The average Bonchev–Trinajstić information content (AvgIpc) is 2.63. The van der Waals surface area contributed by atoms with E-state index >= 15 is 0 Å². The first kappa shape index (κ1) is 17.9. The van der Waals surface area contributed by atoms with Crippen LogP contribution in [-0.4, -0.2) is 53.6 Å². The van der Waals surface area contributed by atoms with Crippen LogP contribution in [0.2, 0.25) is 0 Å². The van der Waals surface area contributed by atoms with E-state index < -0.39 is 5.82 Å². The highest BCUT2D eigenvalue weighted by Crippen LogP contribution is 2.17. The van der Waals surface area contributed by atoms with E-state index in [1.54, 1.807) is 23.1 Å². The second kappa shape index (κ2) is 7.99. The fourth-order valence-corrected chi connectivity index (χ4v) is 2.83. The van der Waals surface area contributed by atoms with Crippen molar-refractivity contribution in [2.75, 3.05) is 48.3 Å². The Kier molecular flexibility index (Phi) is 5.50. The monoisotopic (exact) mass is 358 g/mol. The number of hydrogen-bond acceptors (Lipinski definition) is 5. The second-order valence-electron chi connectivity index (χ2n) is 6.11. The summed E-state index contributed by atoms with van der Waals surface area (Å²) in [6.07, 6.45) is 0. The van der Waals surface area contributed by atoms with Gasteiger partial charge in [-0.2, -0.15) is 4.98 Å². The van der Waals surface area contributed by atoms with Gasteiger partial charge < -0.3 is 20.4 Å². The van der Waals surface area contributed by atoms with Crippen LogP contribution in [0.5, 0.6) is 0 Å². The zero-order valence-corrected chi connectivity index (χ0v) is 15.0. The van der Waals surface area contributed by atoms with Gasteiger partial charge >= 0.3 is 6.03 Å². The number of urea groups is 1. The molecule has 0 atom stereocenters. The highest BCUT2D eigenvalue weighted by atomic mass is 19.1. The number of carbonyl (C=O) groups excluding carboxylic acids is 1. The number of aryl methyl sites for hydroxylation is 1. The minimum absolute atomic E-state index is 0.192. The van der Waals surface area contributed by atoms with Crippen molar-refractivity contribution in [1.82, 2.24) is 14.9 Å². The molecule has 2 heterocycles. The predicted molar refractivity (Wildman–Crippen MR) is 100 cm³/mol. The number of carbonyl (C=O) groups is 1. The maximum Gasteiger partial charge on any atom is 0.322 e. The van der Waals surface area contributed by atoms with Crippen LogP contribution < -0.4 is 15.5 Å². The van der Waals surface area contributed by atoms with Crippen molar-refractivity contribution < 1.29 is 9.18 Å². The molecule has 138 valence electrons. The molecular weight excluding hydrogens is 335 g/mol. The van der Waals surface area contributed by atoms with Crippen molar-refractivity contribution in [3.8, 4) is 0 Å². The first-order valence-corrected chi connectivity index (χ1v) is 8.72. The van der Waals surface area contributed by atoms with Crippen LogP contribution in [0.15, 0.2) is 30.3 Å². The summed E-state index contributed by atoms with van der Waals surface area (Å²) in [5.74, 6) is 1.02. The maximum absolute atomic E-state index is 13.7. The summed E-state index contributed by atoms with van der Waals surface area (Å²) >= 11 is 0. The Labute approximate surface area is 152 Å². The molecule has 2 N–H and O–H groups in total.